The Kier molecular flexibility index (Phi) is 6.21. The molecule has 0 amide bonds. The second-order valence-corrected chi connectivity index (χ2v) is 7.96. The molecule has 0 bridgehead atoms. The summed E-state index contributed by atoms with van der Waals surface area (Å²) in [5.41, 5.74) is 3.07. The number of nitrogens with one attached hydrogen (secondary N) is 2. The minimum Gasteiger partial charge on any atom is -0.487 e. The molecule has 1 aliphatic rings. The van der Waals surface area contributed by atoms with Gasteiger partial charge in [-0.2, -0.15) is 0 Å². The smallest absolute Gasteiger partial charge is 0.176 e. The molecule has 8 heteroatoms. The van der Waals surface area contributed by atoms with Crippen molar-refractivity contribution in [2.45, 2.75) is 12.8 Å². The molecule has 1 unspecified atom stereocenters. The van der Waals surface area contributed by atoms with Gasteiger partial charge in [-0.05, 0) is 23.6 Å². The zero-order chi connectivity index (χ0) is 20.1. The van der Waals surface area contributed by atoms with Crippen molar-refractivity contribution >= 4 is 23.0 Å². The van der Waals surface area contributed by atoms with Gasteiger partial charge < -0.3 is 20.3 Å². The Balaban J connectivity index is 1.41. The van der Waals surface area contributed by atoms with Crippen molar-refractivity contribution in [3.63, 3.8) is 0 Å². The van der Waals surface area contributed by atoms with Gasteiger partial charge in [-0.1, -0.05) is 6.92 Å². The number of anilines is 2. The Morgan fingerprint density at radius 3 is 2.83 bits per heavy atom. The Bertz CT molecular complexity index is 923. The first-order chi connectivity index (χ1) is 14.2. The molecular weight excluding hydrogens is 384 g/mol. The maximum absolute atomic E-state index is 5.44. The van der Waals surface area contributed by atoms with Gasteiger partial charge in [0.15, 0.2) is 5.06 Å². The van der Waals surface area contributed by atoms with Gasteiger partial charge in [0.05, 0.1) is 12.8 Å². The number of hydrogen-bond donors (Lipinski definition) is 2. The Hall–Kier alpha value is -2.71. The first-order valence-electron chi connectivity index (χ1n) is 9.84. The average molecular weight is 411 g/mol. The fourth-order valence-corrected chi connectivity index (χ4v) is 4.27. The van der Waals surface area contributed by atoms with Gasteiger partial charge in [-0.15, -0.1) is 11.3 Å². The van der Waals surface area contributed by atoms with Crippen molar-refractivity contribution < 1.29 is 4.74 Å². The topological polar surface area (TPSA) is 75.2 Å². The van der Waals surface area contributed by atoms with Crippen LogP contribution < -0.4 is 20.3 Å². The summed E-state index contributed by atoms with van der Waals surface area (Å²) in [4.78, 5) is 15.7. The molecule has 1 aliphatic heterocycles. The predicted molar refractivity (Wildman–Crippen MR) is 118 cm³/mol. The van der Waals surface area contributed by atoms with Crippen molar-refractivity contribution in [3.05, 3.63) is 47.7 Å². The van der Waals surface area contributed by atoms with Gasteiger partial charge in [0.1, 0.15) is 18.0 Å². The first kappa shape index (κ1) is 19.6. The van der Waals surface area contributed by atoms with E-state index in [-0.39, 0.29) is 0 Å². The molecule has 4 rings (SSSR count). The fraction of sp³-hybridized carbons (Fsp3) is 0.381. The van der Waals surface area contributed by atoms with Crippen LogP contribution in [0.15, 0.2) is 42.2 Å². The normalized spacial score (nSPS) is 15.2. The molecule has 3 aromatic heterocycles. The van der Waals surface area contributed by atoms with Gasteiger partial charge in [0, 0.05) is 62.0 Å². The number of aromatic nitrogens is 3. The van der Waals surface area contributed by atoms with E-state index in [1.165, 1.54) is 5.56 Å². The van der Waals surface area contributed by atoms with Gasteiger partial charge in [-0.25, -0.2) is 15.0 Å². The molecule has 1 saturated heterocycles. The highest BCUT2D eigenvalue weighted by atomic mass is 32.1. The van der Waals surface area contributed by atoms with Gasteiger partial charge >= 0.3 is 0 Å². The molecule has 1 fully saturated rings. The zero-order valence-corrected chi connectivity index (χ0v) is 17.6. The maximum Gasteiger partial charge on any atom is 0.176 e. The molecule has 0 radical (unpaired) electrons. The maximum atomic E-state index is 5.44. The highest BCUT2D eigenvalue weighted by molar-refractivity contribution is 7.12. The van der Waals surface area contributed by atoms with Crippen molar-refractivity contribution in [2.24, 2.45) is 0 Å². The second-order valence-electron chi connectivity index (χ2n) is 7.08. The third-order valence-corrected chi connectivity index (χ3v) is 6.00. The first-order valence-corrected chi connectivity index (χ1v) is 10.7. The molecule has 4 heterocycles. The highest BCUT2D eigenvalue weighted by Gasteiger charge is 2.14. The highest BCUT2D eigenvalue weighted by Crippen LogP contribution is 2.32. The fourth-order valence-electron chi connectivity index (χ4n) is 3.43. The minimum absolute atomic E-state index is 0.314. The van der Waals surface area contributed by atoms with Crippen LogP contribution >= 0.6 is 11.3 Å². The summed E-state index contributed by atoms with van der Waals surface area (Å²) in [6.45, 7) is 6.92. The molecule has 29 heavy (non-hydrogen) atoms. The lowest BCUT2D eigenvalue weighted by Gasteiger charge is -2.28. The summed E-state index contributed by atoms with van der Waals surface area (Å²) in [7, 11) is 1.72. The summed E-state index contributed by atoms with van der Waals surface area (Å²) < 4.78 is 5.44. The number of piperazine rings is 1. The Labute approximate surface area is 175 Å². The van der Waals surface area contributed by atoms with Crippen molar-refractivity contribution in [1.82, 2.24) is 20.3 Å². The van der Waals surface area contributed by atoms with Crippen molar-refractivity contribution in [1.29, 1.82) is 0 Å². The Morgan fingerprint density at radius 2 is 2.07 bits per heavy atom. The molecular formula is C21H26N6OS. The van der Waals surface area contributed by atoms with Crippen LogP contribution in [-0.2, 0) is 0 Å². The number of rotatable bonds is 7. The van der Waals surface area contributed by atoms with Crippen LogP contribution in [0.5, 0.6) is 5.06 Å². The van der Waals surface area contributed by atoms with Gasteiger partial charge in [0.25, 0.3) is 0 Å². The number of thiophene rings is 1. The molecule has 1 atom stereocenters. The number of methoxy groups -OCH3 is 1. The number of hydrogen-bond acceptors (Lipinski definition) is 8. The van der Waals surface area contributed by atoms with Gasteiger partial charge in [0.2, 0.25) is 0 Å². The van der Waals surface area contributed by atoms with Crippen LogP contribution in [0.3, 0.4) is 0 Å². The zero-order valence-electron chi connectivity index (χ0n) is 16.8. The van der Waals surface area contributed by atoms with Crippen LogP contribution in [0.25, 0.3) is 11.3 Å². The summed E-state index contributed by atoms with van der Waals surface area (Å²) in [6, 6.07) is 8.24. The van der Waals surface area contributed by atoms with E-state index in [0.717, 1.165) is 60.7 Å². The predicted octanol–water partition coefficient (Wildman–Crippen LogP) is 3.23. The third-order valence-electron chi connectivity index (χ3n) is 5.12. The lowest BCUT2D eigenvalue weighted by atomic mass is 10.0. The van der Waals surface area contributed by atoms with Crippen LogP contribution in [0, 0.1) is 0 Å². The summed E-state index contributed by atoms with van der Waals surface area (Å²) >= 11 is 1.62. The molecule has 0 spiro atoms. The van der Waals surface area contributed by atoms with Gasteiger partial charge in [-0.3, -0.25) is 0 Å². The number of pyridine rings is 1. The molecule has 2 N–H and O–H groups in total. The van der Waals surface area contributed by atoms with E-state index in [9.17, 15) is 0 Å². The number of ether oxygens (including phenoxy) is 1. The molecule has 152 valence electrons. The lowest BCUT2D eigenvalue weighted by molar-refractivity contribution is 0.420. The van der Waals surface area contributed by atoms with E-state index in [2.05, 4.69) is 61.0 Å². The van der Waals surface area contributed by atoms with E-state index in [4.69, 9.17) is 4.74 Å². The molecule has 7 nitrogen and oxygen atoms in total. The summed E-state index contributed by atoms with van der Waals surface area (Å²) in [5.74, 6) is 2.14. The Morgan fingerprint density at radius 1 is 1.21 bits per heavy atom. The average Bonchev–Trinajstić information content (AvgIpc) is 3.27. The second kappa shape index (κ2) is 9.19. The SMILES string of the molecule is COc1sccc1C(C)CNc1cc(-c2ccc(N3CCNCC3)nc2)ncn1. The van der Waals surface area contributed by atoms with E-state index in [1.807, 2.05) is 12.3 Å². The van der Waals surface area contributed by atoms with E-state index >= 15 is 0 Å². The largest absolute Gasteiger partial charge is 0.487 e. The standard InChI is InChI=1S/C21H26N6OS/c1-15(17-5-10-29-21(17)28-2)12-23-19-11-18(25-14-26-19)16-3-4-20(24-13-16)27-8-6-22-7-9-27/h3-5,10-11,13-15,22H,6-9,12H2,1-2H3,(H,23,25,26). The van der Waals surface area contributed by atoms with Crippen molar-refractivity contribution in [2.75, 3.05) is 50.1 Å². The van der Waals surface area contributed by atoms with E-state index < -0.39 is 0 Å². The van der Waals surface area contributed by atoms with E-state index in [0.29, 0.717) is 5.92 Å². The number of nitrogens with zero attached hydrogens (tertiary/aromatic N) is 4. The molecule has 0 aliphatic carbocycles. The molecule has 0 aromatic carbocycles. The lowest BCUT2D eigenvalue weighted by Crippen LogP contribution is -2.43. The summed E-state index contributed by atoms with van der Waals surface area (Å²) in [5, 5.41) is 9.81. The van der Waals surface area contributed by atoms with Crippen molar-refractivity contribution in [3.8, 4) is 16.3 Å². The summed E-state index contributed by atoms with van der Waals surface area (Å²) in [6.07, 6.45) is 3.49. The monoisotopic (exact) mass is 410 g/mol. The minimum atomic E-state index is 0.314. The molecule has 0 saturated carbocycles. The quantitative estimate of drug-likeness (QED) is 0.619. The van der Waals surface area contributed by atoms with E-state index in [1.54, 1.807) is 24.8 Å². The third kappa shape index (κ3) is 4.65. The van der Waals surface area contributed by atoms with Crippen LogP contribution in [0.4, 0.5) is 11.6 Å². The molecule has 3 aromatic rings. The van der Waals surface area contributed by atoms with Crippen LogP contribution in [-0.4, -0.2) is 54.8 Å². The van der Waals surface area contributed by atoms with Crippen LogP contribution in [0.1, 0.15) is 18.4 Å². The van der Waals surface area contributed by atoms with Crippen LogP contribution in [0.2, 0.25) is 0 Å².